The Kier molecular flexibility index (Phi) is 5.06. The second-order valence-electron chi connectivity index (χ2n) is 5.75. The molecule has 1 N–H and O–H groups in total. The molecular weight excluding hydrogens is 298 g/mol. The van der Waals surface area contributed by atoms with E-state index in [1.165, 1.54) is 5.56 Å². The lowest BCUT2D eigenvalue weighted by molar-refractivity contribution is 0.305. The van der Waals surface area contributed by atoms with Crippen LogP contribution in [0, 0.1) is 6.92 Å². The fraction of sp³-hybridized carbons (Fsp3) is 0.200. The predicted octanol–water partition coefficient (Wildman–Crippen LogP) is 4.54. The van der Waals surface area contributed by atoms with Gasteiger partial charge in [-0.1, -0.05) is 24.3 Å². The van der Waals surface area contributed by atoms with E-state index in [4.69, 9.17) is 4.74 Å². The molecule has 0 saturated heterocycles. The zero-order valence-electron chi connectivity index (χ0n) is 13.9. The average molecular weight is 319 g/mol. The third kappa shape index (κ3) is 4.32. The Bertz CT molecular complexity index is 772. The van der Waals surface area contributed by atoms with Gasteiger partial charge in [0.2, 0.25) is 0 Å². The van der Waals surface area contributed by atoms with Crippen LogP contribution in [0.2, 0.25) is 0 Å². The number of anilines is 1. The molecule has 4 heteroatoms. The van der Waals surface area contributed by atoms with Crippen LogP contribution in [0.15, 0.2) is 67.0 Å². The van der Waals surface area contributed by atoms with Gasteiger partial charge in [0, 0.05) is 29.7 Å². The van der Waals surface area contributed by atoms with Gasteiger partial charge in [-0.2, -0.15) is 0 Å². The summed E-state index contributed by atoms with van der Waals surface area (Å²) < 4.78 is 5.79. The summed E-state index contributed by atoms with van der Waals surface area (Å²) in [6.45, 7) is 4.63. The van der Waals surface area contributed by atoms with E-state index in [0.29, 0.717) is 6.61 Å². The van der Waals surface area contributed by atoms with Crippen molar-refractivity contribution in [2.75, 3.05) is 5.32 Å². The standard InChI is InChI=1S/C20H21N3O/c1-15-5-3-7-20(22-15)23-16(2)18-8-10-19(11-9-18)24-14-17-6-4-12-21-13-17/h3-13,16H,14H2,1-2H3,(H,22,23). The number of hydrogen-bond donors (Lipinski definition) is 1. The van der Waals surface area contributed by atoms with Gasteiger partial charge in [0.15, 0.2) is 0 Å². The molecular formula is C20H21N3O. The van der Waals surface area contributed by atoms with E-state index in [2.05, 4.69) is 34.3 Å². The molecule has 0 bridgehead atoms. The molecule has 0 radical (unpaired) electrons. The number of pyridine rings is 2. The maximum atomic E-state index is 5.79. The minimum Gasteiger partial charge on any atom is -0.489 e. The molecule has 0 fully saturated rings. The lowest BCUT2D eigenvalue weighted by atomic mass is 10.1. The summed E-state index contributed by atoms with van der Waals surface area (Å²) in [5, 5.41) is 3.42. The van der Waals surface area contributed by atoms with Gasteiger partial charge in [-0.3, -0.25) is 4.98 Å². The van der Waals surface area contributed by atoms with E-state index in [1.807, 2.05) is 55.6 Å². The molecule has 122 valence electrons. The molecule has 1 unspecified atom stereocenters. The summed E-state index contributed by atoms with van der Waals surface area (Å²) in [6, 6.07) is 18.2. The van der Waals surface area contributed by atoms with Crippen LogP contribution in [0.3, 0.4) is 0 Å². The summed E-state index contributed by atoms with van der Waals surface area (Å²) in [7, 11) is 0. The molecule has 4 nitrogen and oxygen atoms in total. The summed E-state index contributed by atoms with van der Waals surface area (Å²) in [5.41, 5.74) is 3.25. The minimum atomic E-state index is 0.173. The van der Waals surface area contributed by atoms with E-state index >= 15 is 0 Å². The van der Waals surface area contributed by atoms with Crippen molar-refractivity contribution in [3.05, 3.63) is 83.8 Å². The third-order valence-electron chi connectivity index (χ3n) is 3.76. The van der Waals surface area contributed by atoms with E-state index in [1.54, 1.807) is 6.20 Å². The Morgan fingerprint density at radius 1 is 1.04 bits per heavy atom. The topological polar surface area (TPSA) is 47.0 Å². The third-order valence-corrected chi connectivity index (χ3v) is 3.76. The normalized spacial score (nSPS) is 11.8. The number of hydrogen-bond acceptors (Lipinski definition) is 4. The fourth-order valence-corrected chi connectivity index (χ4v) is 2.43. The first-order valence-corrected chi connectivity index (χ1v) is 8.02. The van der Waals surface area contributed by atoms with Crippen LogP contribution in [-0.4, -0.2) is 9.97 Å². The Balaban J connectivity index is 1.59. The number of nitrogens with zero attached hydrogens (tertiary/aromatic N) is 2. The molecule has 0 saturated carbocycles. The highest BCUT2D eigenvalue weighted by atomic mass is 16.5. The number of aryl methyl sites for hydroxylation is 1. The molecule has 0 aliphatic heterocycles. The smallest absolute Gasteiger partial charge is 0.126 e. The highest BCUT2D eigenvalue weighted by Gasteiger charge is 2.06. The molecule has 24 heavy (non-hydrogen) atoms. The first-order valence-electron chi connectivity index (χ1n) is 8.02. The van der Waals surface area contributed by atoms with Gasteiger partial charge >= 0.3 is 0 Å². The van der Waals surface area contributed by atoms with Gasteiger partial charge in [0.1, 0.15) is 18.2 Å². The maximum Gasteiger partial charge on any atom is 0.126 e. The molecule has 1 atom stereocenters. The van der Waals surface area contributed by atoms with Gasteiger partial charge in [0.25, 0.3) is 0 Å². The van der Waals surface area contributed by atoms with Gasteiger partial charge < -0.3 is 10.1 Å². The van der Waals surface area contributed by atoms with Gasteiger partial charge in [-0.15, -0.1) is 0 Å². The predicted molar refractivity (Wildman–Crippen MR) is 96.0 cm³/mol. The van der Waals surface area contributed by atoms with Crippen LogP contribution in [0.4, 0.5) is 5.82 Å². The van der Waals surface area contributed by atoms with Crippen molar-refractivity contribution in [1.29, 1.82) is 0 Å². The van der Waals surface area contributed by atoms with Gasteiger partial charge in [-0.05, 0) is 49.7 Å². The Morgan fingerprint density at radius 3 is 2.58 bits per heavy atom. The summed E-state index contributed by atoms with van der Waals surface area (Å²) in [5.74, 6) is 1.74. The maximum absolute atomic E-state index is 5.79. The SMILES string of the molecule is Cc1cccc(NC(C)c2ccc(OCc3cccnc3)cc2)n1. The largest absolute Gasteiger partial charge is 0.489 e. The summed E-state index contributed by atoms with van der Waals surface area (Å²) in [4.78, 5) is 8.56. The lowest BCUT2D eigenvalue weighted by Crippen LogP contribution is -2.08. The number of benzene rings is 1. The van der Waals surface area contributed by atoms with Crippen LogP contribution in [-0.2, 0) is 6.61 Å². The van der Waals surface area contributed by atoms with Crippen molar-refractivity contribution in [3.63, 3.8) is 0 Å². The molecule has 3 aromatic rings. The van der Waals surface area contributed by atoms with Crippen molar-refractivity contribution >= 4 is 5.82 Å². The van der Waals surface area contributed by atoms with Crippen molar-refractivity contribution in [2.24, 2.45) is 0 Å². The Morgan fingerprint density at radius 2 is 1.88 bits per heavy atom. The molecule has 0 amide bonds. The Labute approximate surface area is 142 Å². The minimum absolute atomic E-state index is 0.173. The number of aromatic nitrogens is 2. The van der Waals surface area contributed by atoms with E-state index in [9.17, 15) is 0 Å². The summed E-state index contributed by atoms with van der Waals surface area (Å²) in [6.07, 6.45) is 3.57. The van der Waals surface area contributed by atoms with Crippen LogP contribution in [0.5, 0.6) is 5.75 Å². The first kappa shape index (κ1) is 16.0. The zero-order valence-corrected chi connectivity index (χ0v) is 13.9. The molecule has 3 rings (SSSR count). The second kappa shape index (κ2) is 7.59. The molecule has 0 spiro atoms. The quantitative estimate of drug-likeness (QED) is 0.725. The van der Waals surface area contributed by atoms with Gasteiger partial charge in [0.05, 0.1) is 0 Å². The van der Waals surface area contributed by atoms with Crippen molar-refractivity contribution in [1.82, 2.24) is 9.97 Å². The van der Waals surface area contributed by atoms with Gasteiger partial charge in [-0.25, -0.2) is 4.98 Å². The fourth-order valence-electron chi connectivity index (χ4n) is 2.43. The molecule has 2 heterocycles. The second-order valence-corrected chi connectivity index (χ2v) is 5.75. The molecule has 0 aliphatic carbocycles. The number of nitrogens with one attached hydrogen (secondary N) is 1. The lowest BCUT2D eigenvalue weighted by Gasteiger charge is -2.16. The van der Waals surface area contributed by atoms with Crippen LogP contribution < -0.4 is 10.1 Å². The van der Waals surface area contributed by atoms with E-state index in [-0.39, 0.29) is 6.04 Å². The highest BCUT2D eigenvalue weighted by molar-refractivity contribution is 5.40. The van der Waals surface area contributed by atoms with Crippen LogP contribution in [0.25, 0.3) is 0 Å². The molecule has 1 aromatic carbocycles. The number of rotatable bonds is 6. The molecule has 2 aromatic heterocycles. The first-order chi connectivity index (χ1) is 11.7. The monoisotopic (exact) mass is 319 g/mol. The average Bonchev–Trinajstić information content (AvgIpc) is 2.61. The van der Waals surface area contributed by atoms with Crippen molar-refractivity contribution < 1.29 is 4.74 Å². The van der Waals surface area contributed by atoms with Crippen molar-refractivity contribution in [2.45, 2.75) is 26.5 Å². The summed E-state index contributed by atoms with van der Waals surface area (Å²) >= 11 is 0. The van der Waals surface area contributed by atoms with Crippen LogP contribution in [0.1, 0.15) is 29.8 Å². The van der Waals surface area contributed by atoms with E-state index in [0.717, 1.165) is 22.8 Å². The van der Waals surface area contributed by atoms with Crippen LogP contribution >= 0.6 is 0 Å². The Hall–Kier alpha value is -2.88. The highest BCUT2D eigenvalue weighted by Crippen LogP contribution is 2.21. The number of ether oxygens (including phenoxy) is 1. The zero-order chi connectivity index (χ0) is 16.8. The molecule has 0 aliphatic rings. The van der Waals surface area contributed by atoms with Crippen molar-refractivity contribution in [3.8, 4) is 5.75 Å². The van der Waals surface area contributed by atoms with E-state index < -0.39 is 0 Å².